The molecule has 0 atom stereocenters. The van der Waals surface area contributed by atoms with Gasteiger partial charge in [0.15, 0.2) is 0 Å². The number of aromatic nitrogens is 2. The van der Waals surface area contributed by atoms with Crippen LogP contribution in [0.3, 0.4) is 0 Å². The van der Waals surface area contributed by atoms with Crippen LogP contribution in [-0.2, 0) is 17.0 Å². The summed E-state index contributed by atoms with van der Waals surface area (Å²) in [4.78, 5) is 16.5. The lowest BCUT2D eigenvalue weighted by Crippen LogP contribution is -2.27. The van der Waals surface area contributed by atoms with E-state index < -0.39 is 0 Å². The standard InChI is InChI=1S/C19H21N3O2S/c1-13-17(14(2)24-22-13)11-25-12-18(23)20-10-8-16-6-3-5-15-7-4-9-21-19(15)16/h3-7,9H,8,10-12H2,1-2H3,(H,20,23). The second kappa shape index (κ2) is 8.16. The molecule has 0 bridgehead atoms. The molecule has 0 aliphatic carbocycles. The van der Waals surface area contributed by atoms with Gasteiger partial charge in [-0.1, -0.05) is 29.4 Å². The molecule has 1 aromatic carbocycles. The number of thioether (sulfide) groups is 1. The van der Waals surface area contributed by atoms with Gasteiger partial charge in [0, 0.05) is 29.4 Å². The van der Waals surface area contributed by atoms with Gasteiger partial charge in [0.1, 0.15) is 5.76 Å². The van der Waals surface area contributed by atoms with Crippen LogP contribution in [0.5, 0.6) is 0 Å². The fourth-order valence-electron chi connectivity index (χ4n) is 2.71. The van der Waals surface area contributed by atoms with Crippen molar-refractivity contribution >= 4 is 28.6 Å². The van der Waals surface area contributed by atoms with Crippen LogP contribution in [0.2, 0.25) is 0 Å². The van der Waals surface area contributed by atoms with Crippen molar-refractivity contribution in [1.82, 2.24) is 15.5 Å². The fraction of sp³-hybridized carbons (Fsp3) is 0.316. The Morgan fingerprint density at radius 2 is 2.08 bits per heavy atom. The molecule has 2 heterocycles. The first-order chi connectivity index (χ1) is 12.1. The Kier molecular flexibility index (Phi) is 5.71. The second-order valence-corrected chi connectivity index (χ2v) is 6.87. The molecular weight excluding hydrogens is 334 g/mol. The predicted octanol–water partition coefficient (Wildman–Crippen LogP) is 3.43. The zero-order chi connectivity index (χ0) is 17.6. The van der Waals surface area contributed by atoms with Crippen LogP contribution in [0, 0.1) is 13.8 Å². The molecule has 0 saturated heterocycles. The summed E-state index contributed by atoms with van der Waals surface area (Å²) in [6, 6.07) is 10.1. The number of fused-ring (bicyclic) bond motifs is 1. The minimum absolute atomic E-state index is 0.0463. The van der Waals surface area contributed by atoms with E-state index >= 15 is 0 Å². The lowest BCUT2D eigenvalue weighted by Gasteiger charge is -2.07. The highest BCUT2D eigenvalue weighted by molar-refractivity contribution is 7.99. The molecule has 25 heavy (non-hydrogen) atoms. The number of rotatable bonds is 7. The van der Waals surface area contributed by atoms with E-state index in [-0.39, 0.29) is 5.91 Å². The van der Waals surface area contributed by atoms with Gasteiger partial charge >= 0.3 is 0 Å². The maximum atomic E-state index is 12.0. The van der Waals surface area contributed by atoms with E-state index in [0.717, 1.165) is 45.7 Å². The van der Waals surface area contributed by atoms with Crippen molar-refractivity contribution < 1.29 is 9.32 Å². The average molecular weight is 355 g/mol. The number of amides is 1. The highest BCUT2D eigenvalue weighted by atomic mass is 32.2. The number of hydrogen-bond acceptors (Lipinski definition) is 5. The van der Waals surface area contributed by atoms with Gasteiger partial charge in [-0.3, -0.25) is 9.78 Å². The van der Waals surface area contributed by atoms with Crippen LogP contribution in [0.1, 0.15) is 22.6 Å². The van der Waals surface area contributed by atoms with E-state index in [1.807, 2.05) is 26.0 Å². The van der Waals surface area contributed by atoms with Crippen molar-refractivity contribution in [3.63, 3.8) is 0 Å². The summed E-state index contributed by atoms with van der Waals surface area (Å²) in [5.41, 5.74) is 4.14. The number of benzene rings is 1. The zero-order valence-corrected chi connectivity index (χ0v) is 15.2. The number of aryl methyl sites for hydroxylation is 2. The minimum atomic E-state index is 0.0463. The molecule has 0 unspecified atom stereocenters. The summed E-state index contributed by atoms with van der Waals surface area (Å²) >= 11 is 1.57. The van der Waals surface area contributed by atoms with E-state index in [4.69, 9.17) is 4.52 Å². The van der Waals surface area contributed by atoms with Gasteiger partial charge in [-0.2, -0.15) is 0 Å². The lowest BCUT2D eigenvalue weighted by molar-refractivity contribution is -0.118. The second-order valence-electron chi connectivity index (χ2n) is 5.89. The highest BCUT2D eigenvalue weighted by Crippen LogP contribution is 2.19. The van der Waals surface area contributed by atoms with Gasteiger partial charge < -0.3 is 9.84 Å². The topological polar surface area (TPSA) is 68.0 Å². The van der Waals surface area contributed by atoms with Gasteiger partial charge in [-0.15, -0.1) is 11.8 Å². The Morgan fingerprint density at radius 3 is 2.88 bits per heavy atom. The summed E-state index contributed by atoms with van der Waals surface area (Å²) in [5, 5.41) is 8.03. The first-order valence-electron chi connectivity index (χ1n) is 8.24. The van der Waals surface area contributed by atoms with E-state index in [2.05, 4.69) is 33.7 Å². The number of pyridine rings is 1. The molecule has 1 amide bonds. The van der Waals surface area contributed by atoms with Crippen LogP contribution in [0.25, 0.3) is 10.9 Å². The number of nitrogens with one attached hydrogen (secondary N) is 1. The first-order valence-corrected chi connectivity index (χ1v) is 9.39. The van der Waals surface area contributed by atoms with Crippen LogP contribution < -0.4 is 5.32 Å². The van der Waals surface area contributed by atoms with Gasteiger partial charge in [0.25, 0.3) is 0 Å². The molecule has 0 radical (unpaired) electrons. The van der Waals surface area contributed by atoms with Gasteiger partial charge in [-0.05, 0) is 31.9 Å². The summed E-state index contributed by atoms with van der Waals surface area (Å²) in [6.07, 6.45) is 2.57. The summed E-state index contributed by atoms with van der Waals surface area (Å²) in [5.74, 6) is 2.04. The molecule has 130 valence electrons. The average Bonchev–Trinajstić information content (AvgIpc) is 2.94. The molecular formula is C19H21N3O2S. The van der Waals surface area contributed by atoms with Crippen molar-refractivity contribution in [2.75, 3.05) is 12.3 Å². The molecule has 3 rings (SSSR count). The summed E-state index contributed by atoms with van der Waals surface area (Å²) < 4.78 is 5.13. The Morgan fingerprint density at radius 1 is 1.24 bits per heavy atom. The van der Waals surface area contributed by atoms with E-state index in [1.54, 1.807) is 18.0 Å². The van der Waals surface area contributed by atoms with Crippen molar-refractivity contribution in [2.24, 2.45) is 0 Å². The summed E-state index contributed by atoms with van der Waals surface area (Å²) in [6.45, 7) is 4.43. The Bertz CT molecular complexity index is 851. The largest absolute Gasteiger partial charge is 0.361 e. The number of carbonyl (C=O) groups excluding carboxylic acids is 1. The first kappa shape index (κ1) is 17.5. The fourth-order valence-corrected chi connectivity index (χ4v) is 3.72. The maximum Gasteiger partial charge on any atom is 0.230 e. The molecule has 0 fully saturated rings. The van der Waals surface area contributed by atoms with E-state index in [0.29, 0.717) is 12.3 Å². The van der Waals surface area contributed by atoms with Crippen LogP contribution in [0.4, 0.5) is 0 Å². The lowest BCUT2D eigenvalue weighted by atomic mass is 10.1. The molecule has 0 spiro atoms. The van der Waals surface area contributed by atoms with Gasteiger partial charge in [0.2, 0.25) is 5.91 Å². The zero-order valence-electron chi connectivity index (χ0n) is 14.4. The monoisotopic (exact) mass is 355 g/mol. The normalized spacial score (nSPS) is 11.0. The van der Waals surface area contributed by atoms with Crippen molar-refractivity contribution in [1.29, 1.82) is 0 Å². The molecule has 6 heteroatoms. The van der Waals surface area contributed by atoms with E-state index in [1.165, 1.54) is 0 Å². The van der Waals surface area contributed by atoms with Gasteiger partial charge in [-0.25, -0.2) is 0 Å². The molecule has 1 N–H and O–H groups in total. The molecule has 5 nitrogen and oxygen atoms in total. The number of hydrogen-bond donors (Lipinski definition) is 1. The SMILES string of the molecule is Cc1noc(C)c1CSCC(=O)NCCc1cccc2cccnc12. The Labute approximate surface area is 151 Å². The van der Waals surface area contributed by atoms with Crippen molar-refractivity contribution in [3.8, 4) is 0 Å². The number of carbonyl (C=O) groups is 1. The molecule has 0 aliphatic heterocycles. The predicted molar refractivity (Wildman–Crippen MR) is 101 cm³/mol. The molecule has 2 aromatic heterocycles. The highest BCUT2D eigenvalue weighted by Gasteiger charge is 2.10. The number of para-hydroxylation sites is 1. The third kappa shape index (κ3) is 4.39. The smallest absolute Gasteiger partial charge is 0.230 e. The van der Waals surface area contributed by atoms with Crippen LogP contribution in [-0.4, -0.2) is 28.3 Å². The Balaban J connectivity index is 1.45. The quantitative estimate of drug-likeness (QED) is 0.703. The molecule has 0 aliphatic rings. The van der Waals surface area contributed by atoms with Gasteiger partial charge in [0.05, 0.1) is 17.0 Å². The van der Waals surface area contributed by atoms with Crippen molar-refractivity contribution in [2.45, 2.75) is 26.0 Å². The maximum absolute atomic E-state index is 12.0. The third-order valence-corrected chi connectivity index (χ3v) is 5.05. The summed E-state index contributed by atoms with van der Waals surface area (Å²) in [7, 11) is 0. The van der Waals surface area contributed by atoms with E-state index in [9.17, 15) is 4.79 Å². The third-order valence-electron chi connectivity index (χ3n) is 4.09. The minimum Gasteiger partial charge on any atom is -0.361 e. The van der Waals surface area contributed by atoms with Crippen LogP contribution >= 0.6 is 11.8 Å². The molecule has 3 aromatic rings. The molecule has 0 saturated carbocycles. The van der Waals surface area contributed by atoms with Crippen LogP contribution in [0.15, 0.2) is 41.1 Å². The number of nitrogens with zero attached hydrogens (tertiary/aromatic N) is 2. The Hall–Kier alpha value is -2.34. The van der Waals surface area contributed by atoms with Crippen molar-refractivity contribution in [3.05, 3.63) is 59.1 Å².